The molecule has 2 aromatic rings. The molecule has 1 amide bonds. The highest BCUT2D eigenvalue weighted by molar-refractivity contribution is 5.99. The first-order valence-corrected chi connectivity index (χ1v) is 9.40. The number of piperidine rings is 1. The summed E-state index contributed by atoms with van der Waals surface area (Å²) < 4.78 is 13.8. The second-order valence-corrected chi connectivity index (χ2v) is 7.18. The first-order valence-electron chi connectivity index (χ1n) is 9.40. The molecule has 1 N–H and O–H groups in total. The van der Waals surface area contributed by atoms with E-state index in [1.165, 1.54) is 11.6 Å². The van der Waals surface area contributed by atoms with Gasteiger partial charge in [0.1, 0.15) is 5.82 Å². The number of nitrogens with one attached hydrogen (secondary N) is 1. The first-order chi connectivity index (χ1) is 13.0. The maximum Gasteiger partial charge on any atom is 0.243 e. The van der Waals surface area contributed by atoms with Crippen LogP contribution in [0.2, 0.25) is 0 Å². The van der Waals surface area contributed by atoms with Crippen molar-refractivity contribution >= 4 is 11.6 Å². The summed E-state index contributed by atoms with van der Waals surface area (Å²) in [7, 11) is 0. The van der Waals surface area contributed by atoms with Gasteiger partial charge in [-0.2, -0.15) is 5.10 Å². The van der Waals surface area contributed by atoms with Crippen LogP contribution < -0.4 is 5.43 Å². The fourth-order valence-electron chi connectivity index (χ4n) is 3.31. The minimum atomic E-state index is -0.168. The third-order valence-corrected chi connectivity index (χ3v) is 5.11. The minimum absolute atomic E-state index is 0.0352. The number of carbonyl (C=O) groups is 1. The molecule has 0 saturated carbocycles. The first kappa shape index (κ1) is 19.2. The molecule has 0 bridgehead atoms. The molecule has 1 saturated heterocycles. The van der Waals surface area contributed by atoms with Gasteiger partial charge in [-0.15, -0.1) is 0 Å². The molecule has 0 aliphatic carbocycles. The Balaban J connectivity index is 1.49. The summed E-state index contributed by atoms with van der Waals surface area (Å²) in [4.78, 5) is 14.6. The van der Waals surface area contributed by atoms with E-state index in [2.05, 4.69) is 15.4 Å². The van der Waals surface area contributed by atoms with Crippen LogP contribution in [0.4, 0.5) is 4.39 Å². The fraction of sp³-hybridized carbons (Fsp3) is 0.364. The molecule has 27 heavy (non-hydrogen) atoms. The Morgan fingerprint density at radius 1 is 1.15 bits per heavy atom. The van der Waals surface area contributed by atoms with Crippen LogP contribution in [0.15, 0.2) is 53.6 Å². The van der Waals surface area contributed by atoms with Crippen molar-refractivity contribution in [3.05, 3.63) is 71.0 Å². The predicted octanol–water partition coefficient (Wildman–Crippen LogP) is 3.89. The van der Waals surface area contributed by atoms with Gasteiger partial charge in [0.2, 0.25) is 5.91 Å². The quantitative estimate of drug-likeness (QED) is 0.644. The Morgan fingerprint density at radius 2 is 1.81 bits per heavy atom. The summed E-state index contributed by atoms with van der Waals surface area (Å²) in [5, 5.41) is 4.25. The Hall–Kier alpha value is -2.53. The number of hydrazone groups is 1. The van der Waals surface area contributed by atoms with E-state index in [1.807, 2.05) is 50.2 Å². The smallest absolute Gasteiger partial charge is 0.243 e. The van der Waals surface area contributed by atoms with E-state index < -0.39 is 0 Å². The van der Waals surface area contributed by atoms with Gasteiger partial charge in [-0.1, -0.05) is 48.0 Å². The number of likely N-dealkylation sites (tertiary alicyclic amines) is 1. The van der Waals surface area contributed by atoms with Crippen molar-refractivity contribution in [2.24, 2.45) is 11.0 Å². The molecule has 0 aromatic heterocycles. The van der Waals surface area contributed by atoms with Gasteiger partial charge in [-0.25, -0.2) is 9.82 Å². The van der Waals surface area contributed by atoms with E-state index in [9.17, 15) is 9.18 Å². The Morgan fingerprint density at radius 3 is 2.48 bits per heavy atom. The van der Waals surface area contributed by atoms with E-state index in [0.29, 0.717) is 12.1 Å². The van der Waals surface area contributed by atoms with Gasteiger partial charge in [0.25, 0.3) is 0 Å². The second kappa shape index (κ2) is 8.91. The Bertz CT molecular complexity index is 809. The summed E-state index contributed by atoms with van der Waals surface area (Å²) in [5.74, 6) is -0.248. The van der Waals surface area contributed by atoms with Crippen molar-refractivity contribution in [3.63, 3.8) is 0 Å². The van der Waals surface area contributed by atoms with Gasteiger partial charge in [-0.05, 0) is 51.4 Å². The lowest BCUT2D eigenvalue weighted by atomic mass is 9.96. The lowest BCUT2D eigenvalue weighted by Crippen LogP contribution is -2.39. The fourth-order valence-corrected chi connectivity index (χ4v) is 3.31. The molecule has 0 spiro atoms. The molecule has 1 aliphatic heterocycles. The SMILES string of the molecule is CC(=NNC(=O)C1CCN(Cc2ccccc2F)CC1)c1ccc(C)cc1. The molecule has 2 aromatic carbocycles. The van der Waals surface area contributed by atoms with E-state index in [0.717, 1.165) is 37.2 Å². The van der Waals surface area contributed by atoms with E-state index >= 15 is 0 Å². The molecule has 0 atom stereocenters. The lowest BCUT2D eigenvalue weighted by Gasteiger charge is -2.31. The number of halogens is 1. The second-order valence-electron chi connectivity index (χ2n) is 7.18. The van der Waals surface area contributed by atoms with Crippen LogP contribution in [-0.4, -0.2) is 29.6 Å². The Kier molecular flexibility index (Phi) is 6.35. The van der Waals surface area contributed by atoms with Gasteiger partial charge in [-0.3, -0.25) is 9.69 Å². The number of amides is 1. The highest BCUT2D eigenvalue weighted by atomic mass is 19.1. The van der Waals surface area contributed by atoms with Crippen molar-refractivity contribution in [3.8, 4) is 0 Å². The maximum absolute atomic E-state index is 13.8. The number of carbonyl (C=O) groups excluding carboxylic acids is 1. The van der Waals surface area contributed by atoms with Gasteiger partial charge < -0.3 is 0 Å². The van der Waals surface area contributed by atoms with E-state index in [1.54, 1.807) is 6.07 Å². The lowest BCUT2D eigenvalue weighted by molar-refractivity contribution is -0.126. The third kappa shape index (κ3) is 5.23. The summed E-state index contributed by atoms with van der Waals surface area (Å²) in [6.45, 7) is 6.09. The van der Waals surface area contributed by atoms with Crippen LogP contribution in [0.5, 0.6) is 0 Å². The average molecular weight is 367 g/mol. The van der Waals surface area contributed by atoms with Gasteiger partial charge in [0, 0.05) is 18.0 Å². The number of nitrogens with zero attached hydrogens (tertiary/aromatic N) is 2. The average Bonchev–Trinajstić information content (AvgIpc) is 2.69. The zero-order chi connectivity index (χ0) is 19.2. The maximum atomic E-state index is 13.8. The van der Waals surface area contributed by atoms with Crippen molar-refractivity contribution in [2.75, 3.05) is 13.1 Å². The minimum Gasteiger partial charge on any atom is -0.299 e. The summed E-state index contributed by atoms with van der Waals surface area (Å²) >= 11 is 0. The number of hydrogen-bond donors (Lipinski definition) is 1. The van der Waals surface area contributed by atoms with Crippen molar-refractivity contribution in [2.45, 2.75) is 33.2 Å². The normalized spacial score (nSPS) is 16.3. The molecular formula is C22H26FN3O. The number of rotatable bonds is 5. The molecule has 4 nitrogen and oxygen atoms in total. The van der Waals surface area contributed by atoms with Gasteiger partial charge in [0.15, 0.2) is 0 Å². The van der Waals surface area contributed by atoms with Crippen molar-refractivity contribution < 1.29 is 9.18 Å². The predicted molar refractivity (Wildman–Crippen MR) is 106 cm³/mol. The molecular weight excluding hydrogens is 341 g/mol. The molecule has 5 heteroatoms. The van der Waals surface area contributed by atoms with Gasteiger partial charge in [0.05, 0.1) is 5.71 Å². The van der Waals surface area contributed by atoms with E-state index in [4.69, 9.17) is 0 Å². The highest BCUT2D eigenvalue weighted by Crippen LogP contribution is 2.20. The summed E-state index contributed by atoms with van der Waals surface area (Å²) in [5.41, 5.74) is 6.40. The highest BCUT2D eigenvalue weighted by Gasteiger charge is 2.25. The molecule has 142 valence electrons. The van der Waals surface area contributed by atoms with Crippen LogP contribution in [0, 0.1) is 18.7 Å². The van der Waals surface area contributed by atoms with Crippen molar-refractivity contribution in [1.82, 2.24) is 10.3 Å². The largest absolute Gasteiger partial charge is 0.299 e. The van der Waals surface area contributed by atoms with E-state index in [-0.39, 0.29) is 17.6 Å². The molecule has 1 aliphatic rings. The summed E-state index contributed by atoms with van der Waals surface area (Å²) in [6.07, 6.45) is 1.53. The van der Waals surface area contributed by atoms with Crippen LogP contribution in [-0.2, 0) is 11.3 Å². The zero-order valence-electron chi connectivity index (χ0n) is 15.9. The molecule has 0 unspecified atom stereocenters. The van der Waals surface area contributed by atoms with Crippen LogP contribution >= 0.6 is 0 Å². The van der Waals surface area contributed by atoms with Crippen LogP contribution in [0.1, 0.15) is 36.5 Å². The molecule has 1 fully saturated rings. The number of benzene rings is 2. The molecule has 3 rings (SSSR count). The third-order valence-electron chi connectivity index (χ3n) is 5.11. The zero-order valence-corrected chi connectivity index (χ0v) is 15.9. The summed E-state index contributed by atoms with van der Waals surface area (Å²) in [6, 6.07) is 14.9. The van der Waals surface area contributed by atoms with Crippen LogP contribution in [0.25, 0.3) is 0 Å². The number of hydrogen-bond acceptors (Lipinski definition) is 3. The van der Waals surface area contributed by atoms with Gasteiger partial charge >= 0.3 is 0 Å². The standard InChI is InChI=1S/C22H26FN3O/c1-16-7-9-18(10-8-16)17(2)24-25-22(27)19-11-13-26(14-12-19)15-20-5-3-4-6-21(20)23/h3-10,19H,11-15H2,1-2H3,(H,25,27). The molecule has 1 heterocycles. The topological polar surface area (TPSA) is 44.7 Å². The monoisotopic (exact) mass is 367 g/mol. The molecule has 0 radical (unpaired) electrons. The van der Waals surface area contributed by atoms with Crippen LogP contribution in [0.3, 0.4) is 0 Å². The number of aryl methyl sites for hydroxylation is 1. The van der Waals surface area contributed by atoms with Crippen molar-refractivity contribution in [1.29, 1.82) is 0 Å². The Labute approximate surface area is 160 Å².